The van der Waals surface area contributed by atoms with Crippen LogP contribution >= 0.6 is 11.6 Å². The summed E-state index contributed by atoms with van der Waals surface area (Å²) in [4.78, 5) is 19.4. The zero-order valence-electron chi connectivity index (χ0n) is 11.2. The maximum Gasteiger partial charge on any atom is 0.327 e. The maximum absolute atomic E-state index is 11.2. The lowest BCUT2D eigenvalue weighted by Crippen LogP contribution is -2.07. The normalized spacial score (nSPS) is 15.2. The minimum Gasteiger partial charge on any atom is -0.258 e. The Balaban J connectivity index is 2.20. The number of hydrogen-bond acceptors (Lipinski definition) is 5. The van der Waals surface area contributed by atoms with Crippen LogP contribution in [0, 0.1) is 16.0 Å². The van der Waals surface area contributed by atoms with Crippen molar-refractivity contribution in [2.45, 2.75) is 39.0 Å². The van der Waals surface area contributed by atoms with Crippen LogP contribution in [0.2, 0.25) is 5.15 Å². The molecule has 0 unspecified atom stereocenters. The van der Waals surface area contributed by atoms with Crippen LogP contribution in [0.25, 0.3) is 5.78 Å². The fourth-order valence-electron chi connectivity index (χ4n) is 2.14. The van der Waals surface area contributed by atoms with Crippen LogP contribution in [0.1, 0.15) is 44.1 Å². The molecule has 2 heterocycles. The van der Waals surface area contributed by atoms with Gasteiger partial charge in [0.15, 0.2) is 5.82 Å². The molecule has 0 aromatic carbocycles. The van der Waals surface area contributed by atoms with Crippen molar-refractivity contribution in [1.82, 2.24) is 19.6 Å². The van der Waals surface area contributed by atoms with E-state index in [0.717, 1.165) is 12.8 Å². The SMILES string of the molecule is CC(C)Cc1nc2nc(C3CC3)nn2c(Cl)c1[N+](=O)[O-]. The van der Waals surface area contributed by atoms with Crippen LogP contribution in [-0.4, -0.2) is 24.5 Å². The van der Waals surface area contributed by atoms with Crippen LogP contribution in [0.15, 0.2) is 0 Å². The molecule has 0 bridgehead atoms. The summed E-state index contributed by atoms with van der Waals surface area (Å²) in [5.41, 5.74) is 0.206. The summed E-state index contributed by atoms with van der Waals surface area (Å²) in [5.74, 6) is 1.61. The van der Waals surface area contributed by atoms with E-state index in [-0.39, 0.29) is 16.8 Å². The first-order chi connectivity index (χ1) is 9.47. The van der Waals surface area contributed by atoms with Crippen molar-refractivity contribution in [3.05, 3.63) is 26.8 Å². The Labute approximate surface area is 120 Å². The van der Waals surface area contributed by atoms with Gasteiger partial charge in [-0.05, 0) is 25.2 Å². The van der Waals surface area contributed by atoms with E-state index >= 15 is 0 Å². The minimum atomic E-state index is -0.495. The average molecular weight is 296 g/mol. The molecular weight excluding hydrogens is 282 g/mol. The molecule has 8 heteroatoms. The first kappa shape index (κ1) is 13.2. The quantitative estimate of drug-likeness (QED) is 0.492. The van der Waals surface area contributed by atoms with Crippen LogP contribution in [0.5, 0.6) is 0 Å². The van der Waals surface area contributed by atoms with Crippen molar-refractivity contribution >= 4 is 23.1 Å². The minimum absolute atomic E-state index is 0.0185. The Kier molecular flexibility index (Phi) is 3.08. The van der Waals surface area contributed by atoms with Gasteiger partial charge in [0, 0.05) is 5.92 Å². The standard InChI is InChI=1S/C12H14ClN5O2/c1-6(2)5-8-9(18(19)20)10(13)17-12(14-8)15-11(16-17)7-3-4-7/h6-7H,3-5H2,1-2H3. The molecule has 1 saturated carbocycles. The van der Waals surface area contributed by atoms with Gasteiger partial charge in [0.25, 0.3) is 5.78 Å². The molecule has 0 saturated heterocycles. The summed E-state index contributed by atoms with van der Waals surface area (Å²) in [6, 6.07) is 0. The number of aromatic nitrogens is 4. The topological polar surface area (TPSA) is 86.2 Å². The number of nitrogens with zero attached hydrogens (tertiary/aromatic N) is 5. The lowest BCUT2D eigenvalue weighted by Gasteiger charge is -2.06. The Morgan fingerprint density at radius 2 is 2.15 bits per heavy atom. The van der Waals surface area contributed by atoms with Gasteiger partial charge in [-0.3, -0.25) is 10.1 Å². The average Bonchev–Trinajstić information content (AvgIpc) is 3.09. The molecule has 7 nitrogen and oxygen atoms in total. The van der Waals surface area contributed by atoms with E-state index in [1.54, 1.807) is 0 Å². The highest BCUT2D eigenvalue weighted by molar-refractivity contribution is 6.31. The van der Waals surface area contributed by atoms with E-state index in [1.165, 1.54) is 4.52 Å². The molecule has 0 spiro atoms. The predicted molar refractivity (Wildman–Crippen MR) is 73.0 cm³/mol. The number of halogens is 1. The van der Waals surface area contributed by atoms with Crippen LogP contribution in [0.4, 0.5) is 5.69 Å². The first-order valence-electron chi connectivity index (χ1n) is 6.56. The molecule has 3 rings (SSSR count). The molecule has 1 aliphatic carbocycles. The number of fused-ring (bicyclic) bond motifs is 1. The third kappa shape index (κ3) is 2.22. The van der Waals surface area contributed by atoms with Crippen molar-refractivity contribution in [3.8, 4) is 0 Å². The Morgan fingerprint density at radius 3 is 2.70 bits per heavy atom. The summed E-state index contributed by atoms with van der Waals surface area (Å²) >= 11 is 6.14. The van der Waals surface area contributed by atoms with Gasteiger partial charge < -0.3 is 0 Å². The van der Waals surface area contributed by atoms with Crippen molar-refractivity contribution in [1.29, 1.82) is 0 Å². The molecule has 0 amide bonds. The highest BCUT2D eigenvalue weighted by Gasteiger charge is 2.31. The zero-order valence-corrected chi connectivity index (χ0v) is 12.0. The molecule has 0 atom stereocenters. The Morgan fingerprint density at radius 1 is 1.45 bits per heavy atom. The second kappa shape index (κ2) is 4.66. The van der Waals surface area contributed by atoms with Crippen molar-refractivity contribution in [2.75, 3.05) is 0 Å². The Hall–Kier alpha value is -1.76. The van der Waals surface area contributed by atoms with Gasteiger partial charge in [0.2, 0.25) is 5.15 Å². The van der Waals surface area contributed by atoms with Crippen molar-refractivity contribution in [2.24, 2.45) is 5.92 Å². The largest absolute Gasteiger partial charge is 0.327 e. The fourth-order valence-corrected chi connectivity index (χ4v) is 2.43. The van der Waals surface area contributed by atoms with E-state index in [2.05, 4.69) is 15.1 Å². The molecule has 106 valence electrons. The van der Waals surface area contributed by atoms with Crippen molar-refractivity contribution in [3.63, 3.8) is 0 Å². The van der Waals surface area contributed by atoms with Crippen LogP contribution in [0.3, 0.4) is 0 Å². The second-order valence-electron chi connectivity index (χ2n) is 5.51. The summed E-state index contributed by atoms with van der Waals surface area (Å²) in [5, 5.41) is 15.5. The Bertz CT molecular complexity index is 693. The van der Waals surface area contributed by atoms with Gasteiger partial charge in [0.05, 0.1) is 4.92 Å². The van der Waals surface area contributed by atoms with Crippen molar-refractivity contribution < 1.29 is 4.92 Å². The highest BCUT2D eigenvalue weighted by Crippen LogP contribution is 2.39. The molecule has 2 aromatic heterocycles. The molecule has 0 aliphatic heterocycles. The number of rotatable bonds is 4. The highest BCUT2D eigenvalue weighted by atomic mass is 35.5. The molecule has 20 heavy (non-hydrogen) atoms. The summed E-state index contributed by atoms with van der Waals surface area (Å²) in [7, 11) is 0. The van der Waals surface area contributed by atoms with E-state index in [0.29, 0.717) is 29.6 Å². The number of hydrogen-bond donors (Lipinski definition) is 0. The third-order valence-electron chi connectivity index (χ3n) is 3.22. The predicted octanol–water partition coefficient (Wildman–Crippen LogP) is 2.76. The van der Waals surface area contributed by atoms with E-state index < -0.39 is 4.92 Å². The van der Waals surface area contributed by atoms with Gasteiger partial charge in [-0.15, -0.1) is 5.10 Å². The molecule has 1 fully saturated rings. The van der Waals surface area contributed by atoms with Crippen LogP contribution in [-0.2, 0) is 6.42 Å². The van der Waals surface area contributed by atoms with Gasteiger partial charge in [-0.2, -0.15) is 9.50 Å². The second-order valence-corrected chi connectivity index (χ2v) is 5.87. The van der Waals surface area contributed by atoms with E-state index in [9.17, 15) is 10.1 Å². The molecule has 1 aliphatic rings. The lowest BCUT2D eigenvalue weighted by molar-refractivity contribution is -0.386. The first-order valence-corrected chi connectivity index (χ1v) is 6.94. The van der Waals surface area contributed by atoms with Crippen LogP contribution < -0.4 is 0 Å². The number of nitro groups is 1. The summed E-state index contributed by atoms with van der Waals surface area (Å²) < 4.78 is 1.27. The van der Waals surface area contributed by atoms with Gasteiger partial charge in [-0.25, -0.2) is 4.98 Å². The van der Waals surface area contributed by atoms with Gasteiger partial charge in [-0.1, -0.05) is 25.4 Å². The smallest absolute Gasteiger partial charge is 0.258 e. The monoisotopic (exact) mass is 295 g/mol. The summed E-state index contributed by atoms with van der Waals surface area (Å²) in [6.07, 6.45) is 2.59. The lowest BCUT2D eigenvalue weighted by atomic mass is 10.1. The molecular formula is C12H14ClN5O2. The fraction of sp³-hybridized carbons (Fsp3) is 0.583. The summed E-state index contributed by atoms with van der Waals surface area (Å²) in [6.45, 7) is 3.95. The van der Waals surface area contributed by atoms with Gasteiger partial charge in [0.1, 0.15) is 5.69 Å². The third-order valence-corrected chi connectivity index (χ3v) is 3.56. The van der Waals surface area contributed by atoms with E-state index in [4.69, 9.17) is 11.6 Å². The zero-order chi connectivity index (χ0) is 14.4. The molecule has 0 N–H and O–H groups in total. The maximum atomic E-state index is 11.2. The molecule has 2 aromatic rings. The van der Waals surface area contributed by atoms with Gasteiger partial charge >= 0.3 is 5.69 Å². The molecule has 0 radical (unpaired) electrons. The van der Waals surface area contributed by atoms with E-state index in [1.807, 2.05) is 13.8 Å².